The first kappa shape index (κ1) is 16.5. The topological polar surface area (TPSA) is 23.9 Å². The first-order chi connectivity index (χ1) is 12.7. The standard InChI is InChI=1S/C25H23N/c1-17-7-6-10-22-23-13-11-18(2)21(25(23)15-24(17)22)14-12-20(16-26)19-8-4-3-5-9-19/h3-13,16,26H,14-15H2,1-2H3/b20-12+,26-16?. The van der Waals surface area contributed by atoms with Gasteiger partial charge in [-0.25, -0.2) is 0 Å². The van der Waals surface area contributed by atoms with Crippen LogP contribution < -0.4 is 0 Å². The zero-order chi connectivity index (χ0) is 18.1. The van der Waals surface area contributed by atoms with Crippen LogP contribution in [0.4, 0.5) is 0 Å². The molecule has 1 nitrogen and oxygen atoms in total. The molecule has 128 valence electrons. The van der Waals surface area contributed by atoms with Gasteiger partial charge in [0, 0.05) is 6.21 Å². The summed E-state index contributed by atoms with van der Waals surface area (Å²) < 4.78 is 0. The Morgan fingerprint density at radius 1 is 0.846 bits per heavy atom. The van der Waals surface area contributed by atoms with Crippen LogP contribution in [0, 0.1) is 19.3 Å². The lowest BCUT2D eigenvalue weighted by Crippen LogP contribution is -1.97. The molecule has 0 bridgehead atoms. The van der Waals surface area contributed by atoms with Crippen molar-refractivity contribution in [3.8, 4) is 11.1 Å². The molecule has 0 aliphatic heterocycles. The SMILES string of the molecule is Cc1cccc2c1Cc1c-2ccc(C)c1C/C=C(\C=N)c1ccccc1. The molecule has 0 unspecified atom stereocenters. The van der Waals surface area contributed by atoms with Crippen LogP contribution in [0.15, 0.2) is 66.7 Å². The van der Waals surface area contributed by atoms with E-state index in [1.807, 2.05) is 18.2 Å². The van der Waals surface area contributed by atoms with Gasteiger partial charge in [-0.15, -0.1) is 0 Å². The van der Waals surface area contributed by atoms with Gasteiger partial charge in [0.1, 0.15) is 0 Å². The first-order valence-electron chi connectivity index (χ1n) is 9.15. The summed E-state index contributed by atoms with van der Waals surface area (Å²) in [7, 11) is 0. The Kier molecular flexibility index (Phi) is 4.30. The Morgan fingerprint density at radius 3 is 2.38 bits per heavy atom. The summed E-state index contributed by atoms with van der Waals surface area (Å²) in [4.78, 5) is 0. The number of nitrogens with one attached hydrogen (secondary N) is 1. The maximum Gasteiger partial charge on any atom is 0.0253 e. The minimum Gasteiger partial charge on any atom is -0.308 e. The molecule has 1 N–H and O–H groups in total. The van der Waals surface area contributed by atoms with E-state index in [-0.39, 0.29) is 0 Å². The lowest BCUT2D eigenvalue weighted by atomic mass is 9.93. The van der Waals surface area contributed by atoms with Crippen LogP contribution in [0.1, 0.15) is 33.4 Å². The van der Waals surface area contributed by atoms with Crippen LogP contribution in [0.3, 0.4) is 0 Å². The molecular formula is C25H23N. The van der Waals surface area contributed by atoms with Crippen molar-refractivity contribution in [3.05, 3.63) is 100 Å². The Labute approximate surface area is 155 Å². The minimum atomic E-state index is 0.863. The monoisotopic (exact) mass is 337 g/mol. The molecule has 0 fully saturated rings. The summed E-state index contributed by atoms with van der Waals surface area (Å²) in [5.41, 5.74) is 11.9. The van der Waals surface area contributed by atoms with E-state index in [0.29, 0.717) is 0 Å². The molecule has 0 aromatic heterocycles. The zero-order valence-electron chi connectivity index (χ0n) is 15.3. The highest BCUT2D eigenvalue weighted by atomic mass is 14.3. The third kappa shape index (κ3) is 2.80. The van der Waals surface area contributed by atoms with Gasteiger partial charge in [-0.2, -0.15) is 0 Å². The fourth-order valence-corrected chi connectivity index (χ4v) is 4.02. The normalized spacial score (nSPS) is 12.6. The van der Waals surface area contributed by atoms with Crippen molar-refractivity contribution in [2.45, 2.75) is 26.7 Å². The van der Waals surface area contributed by atoms with Gasteiger partial charge in [-0.05, 0) is 76.8 Å². The van der Waals surface area contributed by atoms with E-state index < -0.39 is 0 Å². The van der Waals surface area contributed by atoms with Crippen molar-refractivity contribution in [2.24, 2.45) is 0 Å². The van der Waals surface area contributed by atoms with Crippen LogP contribution in [-0.4, -0.2) is 6.21 Å². The molecule has 0 saturated carbocycles. The van der Waals surface area contributed by atoms with Gasteiger partial charge in [-0.1, -0.05) is 66.7 Å². The van der Waals surface area contributed by atoms with E-state index in [2.05, 4.69) is 62.4 Å². The second kappa shape index (κ2) is 6.76. The number of rotatable bonds is 4. The summed E-state index contributed by atoms with van der Waals surface area (Å²) in [6.07, 6.45) is 5.54. The first-order valence-corrected chi connectivity index (χ1v) is 9.15. The van der Waals surface area contributed by atoms with Crippen LogP contribution in [-0.2, 0) is 12.8 Å². The van der Waals surface area contributed by atoms with Crippen molar-refractivity contribution < 1.29 is 0 Å². The predicted molar refractivity (Wildman–Crippen MR) is 111 cm³/mol. The van der Waals surface area contributed by atoms with E-state index in [9.17, 15) is 0 Å². The highest BCUT2D eigenvalue weighted by molar-refractivity contribution is 6.08. The maximum atomic E-state index is 7.81. The van der Waals surface area contributed by atoms with Crippen molar-refractivity contribution in [2.75, 3.05) is 0 Å². The average molecular weight is 337 g/mol. The summed E-state index contributed by atoms with van der Waals surface area (Å²) in [5, 5.41) is 7.81. The Morgan fingerprint density at radius 2 is 1.62 bits per heavy atom. The van der Waals surface area contributed by atoms with Crippen LogP contribution in [0.2, 0.25) is 0 Å². The van der Waals surface area contributed by atoms with Crippen molar-refractivity contribution in [1.29, 1.82) is 5.41 Å². The van der Waals surface area contributed by atoms with Crippen LogP contribution in [0.5, 0.6) is 0 Å². The number of hydrogen-bond donors (Lipinski definition) is 1. The Balaban J connectivity index is 1.74. The second-order valence-corrected chi connectivity index (χ2v) is 7.04. The fraction of sp³-hybridized carbons (Fsp3) is 0.160. The van der Waals surface area contributed by atoms with Crippen LogP contribution in [0.25, 0.3) is 16.7 Å². The van der Waals surface area contributed by atoms with Crippen molar-refractivity contribution in [1.82, 2.24) is 0 Å². The summed E-state index contributed by atoms with van der Waals surface area (Å²) in [6, 6.07) is 21.3. The molecular weight excluding hydrogens is 314 g/mol. The number of hydrogen-bond acceptors (Lipinski definition) is 1. The maximum absolute atomic E-state index is 7.81. The summed E-state index contributed by atoms with van der Waals surface area (Å²) in [6.45, 7) is 4.41. The summed E-state index contributed by atoms with van der Waals surface area (Å²) >= 11 is 0. The molecule has 3 aromatic rings. The minimum absolute atomic E-state index is 0.863. The Hall–Kier alpha value is -2.93. The molecule has 4 rings (SSSR count). The quantitative estimate of drug-likeness (QED) is 0.432. The number of benzene rings is 3. The Bertz CT molecular complexity index is 1010. The number of fused-ring (bicyclic) bond motifs is 3. The predicted octanol–water partition coefficient (Wildman–Crippen LogP) is 6.15. The lowest BCUT2D eigenvalue weighted by Gasteiger charge is -2.11. The molecule has 1 heteroatoms. The molecule has 1 aliphatic carbocycles. The highest BCUT2D eigenvalue weighted by Crippen LogP contribution is 2.41. The molecule has 0 spiro atoms. The smallest absolute Gasteiger partial charge is 0.0253 e. The molecule has 0 saturated heterocycles. The van der Waals surface area contributed by atoms with E-state index in [0.717, 1.165) is 24.0 Å². The van der Waals surface area contributed by atoms with Crippen molar-refractivity contribution >= 4 is 11.8 Å². The fourth-order valence-electron chi connectivity index (χ4n) is 4.02. The van der Waals surface area contributed by atoms with Gasteiger partial charge < -0.3 is 5.41 Å². The number of allylic oxidation sites excluding steroid dienone is 2. The molecule has 1 aliphatic rings. The largest absolute Gasteiger partial charge is 0.308 e. The van der Waals surface area contributed by atoms with Gasteiger partial charge in [0.25, 0.3) is 0 Å². The van der Waals surface area contributed by atoms with Gasteiger partial charge >= 0.3 is 0 Å². The van der Waals surface area contributed by atoms with E-state index >= 15 is 0 Å². The van der Waals surface area contributed by atoms with Gasteiger partial charge in [0.05, 0.1) is 0 Å². The van der Waals surface area contributed by atoms with Crippen LogP contribution >= 0.6 is 0 Å². The molecule has 26 heavy (non-hydrogen) atoms. The number of aryl methyl sites for hydroxylation is 2. The third-order valence-electron chi connectivity index (χ3n) is 5.51. The molecule has 0 atom stereocenters. The van der Waals surface area contributed by atoms with Gasteiger partial charge in [0.15, 0.2) is 0 Å². The van der Waals surface area contributed by atoms with Gasteiger partial charge in [-0.3, -0.25) is 0 Å². The molecule has 0 heterocycles. The molecule has 0 amide bonds. The molecule has 0 radical (unpaired) electrons. The van der Waals surface area contributed by atoms with E-state index in [1.54, 1.807) is 0 Å². The van der Waals surface area contributed by atoms with Crippen molar-refractivity contribution in [3.63, 3.8) is 0 Å². The molecule has 3 aromatic carbocycles. The van der Waals surface area contributed by atoms with E-state index in [4.69, 9.17) is 5.41 Å². The van der Waals surface area contributed by atoms with Gasteiger partial charge in [0.2, 0.25) is 0 Å². The third-order valence-corrected chi connectivity index (χ3v) is 5.51. The highest BCUT2D eigenvalue weighted by Gasteiger charge is 2.22. The average Bonchev–Trinajstić information content (AvgIpc) is 3.05. The van der Waals surface area contributed by atoms with E-state index in [1.165, 1.54) is 45.2 Å². The lowest BCUT2D eigenvalue weighted by molar-refractivity contribution is 1.12. The zero-order valence-corrected chi connectivity index (χ0v) is 15.3. The summed E-state index contributed by atoms with van der Waals surface area (Å²) in [5.74, 6) is 0. The second-order valence-electron chi connectivity index (χ2n) is 7.04.